The van der Waals surface area contributed by atoms with Crippen molar-refractivity contribution in [1.29, 1.82) is 0 Å². The molecule has 3 amide bonds. The van der Waals surface area contributed by atoms with Crippen LogP contribution in [0.2, 0.25) is 0 Å². The summed E-state index contributed by atoms with van der Waals surface area (Å²) >= 11 is 0. The zero-order chi connectivity index (χ0) is 41.2. The van der Waals surface area contributed by atoms with Crippen molar-refractivity contribution in [3.8, 4) is 0 Å². The molecule has 1 saturated heterocycles. The number of nitrogens with zero attached hydrogens (tertiary/aromatic N) is 4. The van der Waals surface area contributed by atoms with Crippen LogP contribution in [0.4, 0.5) is 18.4 Å². The van der Waals surface area contributed by atoms with Crippen LogP contribution in [0, 0.1) is 5.92 Å². The molecule has 0 radical (unpaired) electrons. The molecule has 0 spiro atoms. The van der Waals surface area contributed by atoms with Crippen molar-refractivity contribution in [3.63, 3.8) is 0 Å². The van der Waals surface area contributed by atoms with Crippen LogP contribution in [-0.2, 0) is 20.7 Å². The van der Waals surface area contributed by atoms with E-state index in [1.807, 2.05) is 89.0 Å². The SMILES string of the molecule is CC(C)(C)OC(=O)NCCCCN(C[C@H]1CN(CC[C@H](NC(=O)C2CCC(F)(F)CC2)c2ccccc2)CCN1C(=O)OC(C)(C)C)[C@H]1CCCc2cccnc21. The third-order valence-electron chi connectivity index (χ3n) is 11.1. The number of pyridine rings is 1. The number of ether oxygens (including phenoxy) is 2. The molecule has 13 heteroatoms. The molecular formula is C44H66F2N6O5. The lowest BCUT2D eigenvalue weighted by Gasteiger charge is -2.45. The summed E-state index contributed by atoms with van der Waals surface area (Å²) in [7, 11) is 0. The van der Waals surface area contributed by atoms with Crippen molar-refractivity contribution in [2.45, 2.75) is 141 Å². The lowest BCUT2D eigenvalue weighted by molar-refractivity contribution is -0.130. The summed E-state index contributed by atoms with van der Waals surface area (Å²) in [4.78, 5) is 51.2. The van der Waals surface area contributed by atoms with E-state index in [0.29, 0.717) is 45.7 Å². The van der Waals surface area contributed by atoms with Gasteiger partial charge in [-0.1, -0.05) is 36.4 Å². The predicted octanol–water partition coefficient (Wildman–Crippen LogP) is 8.06. The second-order valence-corrected chi connectivity index (χ2v) is 18.1. The van der Waals surface area contributed by atoms with E-state index in [-0.39, 0.29) is 55.8 Å². The molecule has 5 rings (SSSR count). The summed E-state index contributed by atoms with van der Waals surface area (Å²) in [6.45, 7) is 15.5. The molecule has 316 valence electrons. The number of carbonyl (C=O) groups is 3. The third-order valence-corrected chi connectivity index (χ3v) is 11.1. The van der Waals surface area contributed by atoms with Crippen LogP contribution in [0.25, 0.3) is 0 Å². The maximum atomic E-state index is 13.9. The first kappa shape index (κ1) is 44.3. The van der Waals surface area contributed by atoms with Crippen LogP contribution in [0.1, 0.15) is 128 Å². The highest BCUT2D eigenvalue weighted by atomic mass is 19.3. The van der Waals surface area contributed by atoms with E-state index in [2.05, 4.69) is 26.5 Å². The average molecular weight is 797 g/mol. The molecule has 0 unspecified atom stereocenters. The van der Waals surface area contributed by atoms with Crippen molar-refractivity contribution in [1.82, 2.24) is 30.3 Å². The molecule has 1 aromatic carbocycles. The van der Waals surface area contributed by atoms with Crippen molar-refractivity contribution < 1.29 is 32.6 Å². The zero-order valence-electron chi connectivity index (χ0n) is 35.0. The Bertz CT molecular complexity index is 1610. The summed E-state index contributed by atoms with van der Waals surface area (Å²) in [5, 5.41) is 6.11. The van der Waals surface area contributed by atoms with Crippen LogP contribution >= 0.6 is 0 Å². The van der Waals surface area contributed by atoms with E-state index in [4.69, 9.17) is 14.5 Å². The summed E-state index contributed by atoms with van der Waals surface area (Å²) in [5.41, 5.74) is 2.11. The number of aromatic nitrogens is 1. The van der Waals surface area contributed by atoms with Gasteiger partial charge in [-0.25, -0.2) is 18.4 Å². The number of nitrogens with one attached hydrogen (secondary N) is 2. The van der Waals surface area contributed by atoms with Crippen LogP contribution in [0.3, 0.4) is 0 Å². The number of hydrogen-bond donors (Lipinski definition) is 2. The molecule has 11 nitrogen and oxygen atoms in total. The van der Waals surface area contributed by atoms with Gasteiger partial charge in [-0.05, 0) is 117 Å². The van der Waals surface area contributed by atoms with Gasteiger partial charge in [0.05, 0.1) is 23.8 Å². The number of alkyl halides is 2. The predicted molar refractivity (Wildman–Crippen MR) is 217 cm³/mol. The Hall–Kier alpha value is -3.84. The van der Waals surface area contributed by atoms with Gasteiger partial charge in [0.25, 0.3) is 0 Å². The van der Waals surface area contributed by atoms with Gasteiger partial charge in [0, 0.05) is 64.2 Å². The summed E-state index contributed by atoms with van der Waals surface area (Å²) in [6.07, 6.45) is 6.18. The minimum atomic E-state index is -2.70. The van der Waals surface area contributed by atoms with Crippen LogP contribution in [0.15, 0.2) is 48.7 Å². The molecule has 3 atom stereocenters. The molecule has 1 saturated carbocycles. The summed E-state index contributed by atoms with van der Waals surface area (Å²) < 4.78 is 39.2. The first-order valence-corrected chi connectivity index (χ1v) is 21.1. The Morgan fingerprint density at radius 1 is 0.947 bits per heavy atom. The quantitative estimate of drug-likeness (QED) is 0.185. The Morgan fingerprint density at radius 3 is 2.37 bits per heavy atom. The van der Waals surface area contributed by atoms with Crippen LogP contribution in [0.5, 0.6) is 0 Å². The number of rotatable bonds is 14. The molecule has 2 heterocycles. The van der Waals surface area contributed by atoms with E-state index in [0.717, 1.165) is 49.9 Å². The number of aryl methyl sites for hydroxylation is 1. The summed E-state index contributed by atoms with van der Waals surface area (Å²) in [6, 6.07) is 13.6. The fourth-order valence-electron chi connectivity index (χ4n) is 8.28. The van der Waals surface area contributed by atoms with Gasteiger partial charge in [0.15, 0.2) is 0 Å². The zero-order valence-corrected chi connectivity index (χ0v) is 35.0. The molecule has 1 aromatic heterocycles. The topological polar surface area (TPSA) is 116 Å². The van der Waals surface area contributed by atoms with E-state index in [9.17, 15) is 23.2 Å². The maximum Gasteiger partial charge on any atom is 0.410 e. The van der Waals surface area contributed by atoms with Crippen molar-refractivity contribution in [3.05, 3.63) is 65.5 Å². The first-order valence-electron chi connectivity index (χ1n) is 21.1. The second-order valence-electron chi connectivity index (χ2n) is 18.1. The van der Waals surface area contributed by atoms with Crippen molar-refractivity contribution in [2.24, 2.45) is 5.92 Å². The molecule has 2 aromatic rings. The Balaban J connectivity index is 1.31. The average Bonchev–Trinajstić information content (AvgIpc) is 3.14. The molecule has 2 fully saturated rings. The number of piperazine rings is 1. The minimum Gasteiger partial charge on any atom is -0.444 e. The number of alkyl carbamates (subject to hydrolysis) is 1. The molecule has 3 aliphatic rings. The van der Waals surface area contributed by atoms with Gasteiger partial charge in [0.2, 0.25) is 11.8 Å². The lowest BCUT2D eigenvalue weighted by atomic mass is 9.86. The number of carbonyl (C=O) groups excluding carboxylic acids is 3. The highest BCUT2D eigenvalue weighted by molar-refractivity contribution is 5.79. The highest BCUT2D eigenvalue weighted by Gasteiger charge is 2.39. The van der Waals surface area contributed by atoms with Crippen LogP contribution in [-0.4, -0.2) is 107 Å². The van der Waals surface area contributed by atoms with Crippen molar-refractivity contribution >= 4 is 18.1 Å². The molecule has 2 N–H and O–H groups in total. The van der Waals surface area contributed by atoms with Crippen LogP contribution < -0.4 is 10.6 Å². The molecule has 0 bridgehead atoms. The van der Waals surface area contributed by atoms with E-state index >= 15 is 0 Å². The van der Waals surface area contributed by atoms with Gasteiger partial charge in [-0.2, -0.15) is 0 Å². The number of unbranched alkanes of at least 4 members (excludes halogenated alkanes) is 1. The standard InChI is InChI=1S/C44H66F2N6O5/c1-42(2,3)56-40(54)48-24-10-11-26-51(37-18-12-16-33-17-13-25-47-38(33)37)31-35-30-50(28-29-52(35)41(55)57-43(4,5)6)27-21-36(32-14-8-7-9-15-32)49-39(53)34-19-22-44(45,46)23-20-34/h7-9,13-15,17,25,34-37H,10-12,16,18-24,26-31H2,1-6H3,(H,48,54)(H,49,53)/t35-,36+,37+/m1/s1. The van der Waals surface area contributed by atoms with Crippen molar-refractivity contribution in [2.75, 3.05) is 45.8 Å². The second kappa shape index (κ2) is 19.7. The molecular weight excluding hydrogens is 731 g/mol. The van der Waals surface area contributed by atoms with Gasteiger partial charge >= 0.3 is 12.2 Å². The number of fused-ring (bicyclic) bond motifs is 1. The Labute approximate surface area is 338 Å². The first-order chi connectivity index (χ1) is 27.0. The van der Waals surface area contributed by atoms with Gasteiger partial charge in [0.1, 0.15) is 11.2 Å². The monoisotopic (exact) mass is 797 g/mol. The largest absolute Gasteiger partial charge is 0.444 e. The number of amides is 3. The Kier molecular flexibility index (Phi) is 15.3. The number of hydrogen-bond acceptors (Lipinski definition) is 8. The fraction of sp³-hybridized carbons (Fsp3) is 0.682. The van der Waals surface area contributed by atoms with Gasteiger partial charge in [-0.15, -0.1) is 0 Å². The molecule has 1 aliphatic heterocycles. The maximum absolute atomic E-state index is 13.9. The normalized spacial score (nSPS) is 21.0. The Morgan fingerprint density at radius 2 is 1.67 bits per heavy atom. The van der Waals surface area contributed by atoms with Gasteiger partial charge < -0.3 is 25.0 Å². The fourth-order valence-corrected chi connectivity index (χ4v) is 8.28. The number of benzene rings is 1. The van der Waals surface area contributed by atoms with Gasteiger partial charge in [-0.3, -0.25) is 19.6 Å². The number of halogens is 2. The summed E-state index contributed by atoms with van der Waals surface area (Å²) in [5.74, 6) is -3.28. The smallest absolute Gasteiger partial charge is 0.410 e. The third kappa shape index (κ3) is 13.9. The highest BCUT2D eigenvalue weighted by Crippen LogP contribution is 2.37. The molecule has 2 aliphatic carbocycles. The van der Waals surface area contributed by atoms with E-state index < -0.39 is 29.1 Å². The minimum absolute atomic E-state index is 0.0852. The molecule has 57 heavy (non-hydrogen) atoms. The van der Waals surface area contributed by atoms with E-state index in [1.165, 1.54) is 5.56 Å². The van der Waals surface area contributed by atoms with E-state index in [1.54, 1.807) is 0 Å². The lowest BCUT2D eigenvalue weighted by Crippen LogP contribution is -2.60.